The SMILES string of the molecule is ClC1NC2NC3CCCC(C3)NC3NC(Cl)NC(NC4CCCC(C4)NC(N1)N2)N3. The van der Waals surface area contributed by atoms with E-state index in [4.69, 9.17) is 23.2 Å². The van der Waals surface area contributed by atoms with Crippen molar-refractivity contribution in [3.8, 4) is 0 Å². The Morgan fingerprint density at radius 2 is 0.700 bits per heavy atom. The Hall–Kier alpha value is 0.180. The summed E-state index contributed by atoms with van der Waals surface area (Å²) in [6, 6.07) is 1.66. The highest BCUT2D eigenvalue weighted by Crippen LogP contribution is 2.21. The summed E-state index contributed by atoms with van der Waals surface area (Å²) in [5.41, 5.74) is -0.569. The maximum absolute atomic E-state index is 6.46. The zero-order chi connectivity index (χ0) is 20.5. The molecule has 2 aliphatic carbocycles. The Morgan fingerprint density at radius 1 is 0.400 bits per heavy atom. The van der Waals surface area contributed by atoms with Gasteiger partial charge in [0.25, 0.3) is 0 Å². The normalized spacial score (nSPS) is 50.6. The van der Waals surface area contributed by atoms with Gasteiger partial charge in [0.2, 0.25) is 0 Å². The van der Waals surface area contributed by atoms with Crippen LogP contribution in [0.1, 0.15) is 51.4 Å². The molecule has 0 aromatic carbocycles. The molecule has 2 saturated carbocycles. The third-order valence-electron chi connectivity index (χ3n) is 6.88. The van der Waals surface area contributed by atoms with Crippen molar-refractivity contribution in [3.63, 3.8) is 0 Å². The molecule has 0 spiro atoms. The van der Waals surface area contributed by atoms with Crippen LogP contribution in [0.4, 0.5) is 0 Å². The van der Waals surface area contributed by atoms with Gasteiger partial charge < -0.3 is 0 Å². The number of alkyl halides is 2. The molecule has 0 amide bonds. The highest BCUT2D eigenvalue weighted by atomic mass is 35.5. The van der Waals surface area contributed by atoms with Crippen molar-refractivity contribution in [2.24, 2.45) is 0 Å². The minimum atomic E-state index is -0.284. The number of nitrogens with one attached hydrogen (secondary N) is 10. The molecular formula is C18H36Cl2N10. The first-order valence-electron chi connectivity index (χ1n) is 11.5. The van der Waals surface area contributed by atoms with E-state index in [-0.39, 0.29) is 36.4 Å². The van der Waals surface area contributed by atoms with Crippen LogP contribution in [0.25, 0.3) is 0 Å². The summed E-state index contributed by atoms with van der Waals surface area (Å²) in [4.78, 5) is 0. The van der Waals surface area contributed by atoms with E-state index in [1.807, 2.05) is 0 Å². The molecule has 3 heterocycles. The Bertz CT molecular complexity index is 485. The number of hydrogen-bond acceptors (Lipinski definition) is 10. The van der Waals surface area contributed by atoms with Gasteiger partial charge in [-0.1, -0.05) is 36.0 Å². The lowest BCUT2D eigenvalue weighted by molar-refractivity contribution is 0.114. The molecule has 10 N–H and O–H groups in total. The molecule has 0 aromatic heterocycles. The Balaban J connectivity index is 1.32. The van der Waals surface area contributed by atoms with Gasteiger partial charge in [-0.05, 0) is 38.5 Å². The van der Waals surface area contributed by atoms with Gasteiger partial charge >= 0.3 is 0 Å². The molecule has 3 saturated heterocycles. The predicted octanol–water partition coefficient (Wildman–Crippen LogP) is -1.28. The van der Waals surface area contributed by atoms with Crippen molar-refractivity contribution >= 4 is 23.2 Å². The van der Waals surface area contributed by atoms with Gasteiger partial charge in [0.05, 0.1) is 0 Å². The van der Waals surface area contributed by atoms with Gasteiger partial charge in [-0.2, -0.15) is 0 Å². The molecule has 0 aromatic rings. The molecule has 5 rings (SSSR count). The molecule has 5 fully saturated rings. The minimum Gasteiger partial charge on any atom is -0.287 e. The average molecular weight is 463 g/mol. The molecule has 30 heavy (non-hydrogen) atoms. The second-order valence-electron chi connectivity index (χ2n) is 9.24. The van der Waals surface area contributed by atoms with E-state index in [0.717, 1.165) is 38.5 Å². The second-order valence-corrected chi connectivity index (χ2v) is 10.1. The van der Waals surface area contributed by atoms with E-state index in [1.165, 1.54) is 12.8 Å². The van der Waals surface area contributed by atoms with Crippen molar-refractivity contribution in [1.82, 2.24) is 53.2 Å². The summed E-state index contributed by atoms with van der Waals surface area (Å²) in [7, 11) is 0. The molecule has 172 valence electrons. The van der Waals surface area contributed by atoms with Crippen LogP contribution >= 0.6 is 23.2 Å². The van der Waals surface area contributed by atoms with E-state index < -0.39 is 0 Å². The van der Waals surface area contributed by atoms with Gasteiger partial charge in [0.15, 0.2) is 0 Å². The summed E-state index contributed by atoms with van der Waals surface area (Å²) in [5.74, 6) is 0. The lowest BCUT2D eigenvalue weighted by Crippen LogP contribution is -2.76. The fraction of sp³-hybridized carbons (Fsp3) is 1.00. The summed E-state index contributed by atoms with van der Waals surface area (Å²) in [5, 5.41) is 35.5. The lowest BCUT2D eigenvalue weighted by atomic mass is 9.90. The van der Waals surface area contributed by atoms with Gasteiger partial charge in [0.1, 0.15) is 36.4 Å². The van der Waals surface area contributed by atoms with Crippen LogP contribution in [0.2, 0.25) is 0 Å². The highest BCUT2D eigenvalue weighted by Gasteiger charge is 2.35. The fourth-order valence-electron chi connectivity index (χ4n) is 5.52. The van der Waals surface area contributed by atoms with Gasteiger partial charge in [-0.15, -0.1) is 0 Å². The topological polar surface area (TPSA) is 120 Å². The van der Waals surface area contributed by atoms with E-state index in [9.17, 15) is 0 Å². The monoisotopic (exact) mass is 462 g/mol. The quantitative estimate of drug-likeness (QED) is 0.157. The smallest absolute Gasteiger partial charge is 0.139 e. The van der Waals surface area contributed by atoms with E-state index in [2.05, 4.69) is 53.2 Å². The van der Waals surface area contributed by atoms with Crippen molar-refractivity contribution in [2.45, 2.75) is 112 Å². The molecule has 12 heteroatoms. The number of hydrogen-bond donors (Lipinski definition) is 10. The Kier molecular flexibility index (Phi) is 7.32. The Labute approximate surface area is 188 Å². The molecule has 8 atom stereocenters. The zero-order valence-corrected chi connectivity index (χ0v) is 18.7. The Morgan fingerprint density at radius 3 is 1.00 bits per heavy atom. The van der Waals surface area contributed by atoms with Crippen LogP contribution in [0.15, 0.2) is 0 Å². The maximum Gasteiger partial charge on any atom is 0.139 e. The third-order valence-corrected chi connectivity index (χ3v) is 7.38. The first kappa shape index (κ1) is 22.0. The van der Waals surface area contributed by atoms with Crippen LogP contribution in [0.3, 0.4) is 0 Å². The predicted molar refractivity (Wildman–Crippen MR) is 118 cm³/mol. The molecule has 3 aliphatic heterocycles. The van der Waals surface area contributed by atoms with Gasteiger partial charge in [0, 0.05) is 24.2 Å². The van der Waals surface area contributed by atoms with Crippen LogP contribution in [-0.4, -0.2) is 60.6 Å². The largest absolute Gasteiger partial charge is 0.287 e. The second kappa shape index (κ2) is 9.98. The fourth-order valence-corrected chi connectivity index (χ4v) is 6.02. The first-order chi connectivity index (χ1) is 14.6. The summed E-state index contributed by atoms with van der Waals surface area (Å²) >= 11 is 12.9. The van der Waals surface area contributed by atoms with E-state index in [1.54, 1.807) is 0 Å². The van der Waals surface area contributed by atoms with Crippen molar-refractivity contribution in [2.75, 3.05) is 0 Å². The van der Waals surface area contributed by atoms with Crippen LogP contribution in [0, 0.1) is 0 Å². The number of fused-ring (bicyclic) bond motifs is 8. The van der Waals surface area contributed by atoms with Crippen LogP contribution in [-0.2, 0) is 0 Å². The summed E-state index contributed by atoms with van der Waals surface area (Å²) in [6.07, 6.45) is 9.00. The lowest BCUT2D eigenvalue weighted by Gasteiger charge is -2.45. The van der Waals surface area contributed by atoms with E-state index in [0.29, 0.717) is 24.2 Å². The van der Waals surface area contributed by atoms with Gasteiger partial charge in [-0.3, -0.25) is 53.2 Å². The third kappa shape index (κ3) is 5.75. The maximum atomic E-state index is 6.46. The molecule has 8 unspecified atom stereocenters. The molecular weight excluding hydrogens is 427 g/mol. The first-order valence-corrected chi connectivity index (χ1v) is 12.3. The molecule has 5 aliphatic rings. The highest BCUT2D eigenvalue weighted by molar-refractivity contribution is 6.20. The number of rotatable bonds is 0. The summed E-state index contributed by atoms with van der Waals surface area (Å²) < 4.78 is 0. The van der Waals surface area contributed by atoms with Crippen LogP contribution in [0.5, 0.6) is 0 Å². The van der Waals surface area contributed by atoms with Crippen molar-refractivity contribution in [1.29, 1.82) is 0 Å². The standard InChI is InChI=1S/C18H36Cl2N10/c19-13-25-15-21-9-3-1-4-10(7-9)22-16-26-14(20)28-18(30-16)24-12-6-2-5-11(8-12)23-17(27-13)29-15/h9-18,21-30H,1-8H2. The summed E-state index contributed by atoms with van der Waals surface area (Å²) in [6.45, 7) is 0. The van der Waals surface area contributed by atoms with E-state index >= 15 is 0 Å². The van der Waals surface area contributed by atoms with Gasteiger partial charge in [-0.25, -0.2) is 0 Å². The molecule has 10 nitrogen and oxygen atoms in total. The molecule has 8 bridgehead atoms. The van der Waals surface area contributed by atoms with Crippen LogP contribution < -0.4 is 53.2 Å². The van der Waals surface area contributed by atoms with Crippen molar-refractivity contribution in [3.05, 3.63) is 0 Å². The zero-order valence-electron chi connectivity index (χ0n) is 17.2. The van der Waals surface area contributed by atoms with Crippen molar-refractivity contribution < 1.29 is 0 Å². The number of halogens is 2. The molecule has 0 radical (unpaired) electrons. The minimum absolute atomic E-state index is 0.0350. The average Bonchev–Trinajstić information content (AvgIpc) is 2.67.